The molecule has 0 saturated carbocycles. The zero-order valence-corrected chi connectivity index (χ0v) is 13.9. The van der Waals surface area contributed by atoms with Gasteiger partial charge in [0.25, 0.3) is 0 Å². The highest BCUT2D eigenvalue weighted by Crippen LogP contribution is 2.28. The van der Waals surface area contributed by atoms with Crippen molar-refractivity contribution in [3.05, 3.63) is 42.0 Å². The Hall–Kier alpha value is -2.56. The summed E-state index contributed by atoms with van der Waals surface area (Å²) >= 11 is 0. The molecule has 0 bridgehead atoms. The molecule has 0 aromatic heterocycles. The fourth-order valence-corrected chi connectivity index (χ4v) is 3.48. The van der Waals surface area contributed by atoms with Crippen LogP contribution in [0.1, 0.15) is 18.9 Å². The molecule has 5 nitrogen and oxygen atoms in total. The minimum Gasteiger partial charge on any atom is -0.497 e. The first-order chi connectivity index (χ1) is 11.5. The molecule has 1 amide bonds. The summed E-state index contributed by atoms with van der Waals surface area (Å²) in [6.07, 6.45) is 0.785. The first kappa shape index (κ1) is 16.3. The normalized spacial score (nSPS) is 20.3. The Morgan fingerprint density at radius 2 is 2.08 bits per heavy atom. The van der Waals surface area contributed by atoms with Gasteiger partial charge in [0, 0.05) is 12.6 Å². The number of aliphatic carboxylic acids is 1. The number of methoxy groups -OCH3 is 1. The zero-order valence-electron chi connectivity index (χ0n) is 13.9. The second-order valence-electron chi connectivity index (χ2n) is 6.24. The number of likely N-dealkylation sites (tertiary alicyclic amines) is 1. The average molecular weight is 327 g/mol. The fraction of sp³-hybridized carbons (Fsp3) is 0.368. The van der Waals surface area contributed by atoms with Gasteiger partial charge in [0.05, 0.1) is 19.4 Å². The first-order valence-electron chi connectivity index (χ1n) is 8.09. The summed E-state index contributed by atoms with van der Waals surface area (Å²) in [5.41, 5.74) is 0.933. The second kappa shape index (κ2) is 6.51. The Morgan fingerprint density at radius 3 is 2.75 bits per heavy atom. The second-order valence-corrected chi connectivity index (χ2v) is 6.24. The van der Waals surface area contributed by atoms with E-state index in [0.717, 1.165) is 22.1 Å². The molecule has 2 aromatic rings. The number of fused-ring (bicyclic) bond motifs is 1. The number of benzene rings is 2. The number of ether oxygens (including phenoxy) is 1. The van der Waals surface area contributed by atoms with Crippen molar-refractivity contribution in [2.24, 2.45) is 5.92 Å². The lowest BCUT2D eigenvalue weighted by Gasteiger charge is -2.23. The fourth-order valence-electron chi connectivity index (χ4n) is 3.48. The molecule has 0 aliphatic carbocycles. The van der Waals surface area contributed by atoms with Crippen LogP contribution in [0.25, 0.3) is 10.8 Å². The highest BCUT2D eigenvalue weighted by atomic mass is 16.5. The summed E-state index contributed by atoms with van der Waals surface area (Å²) in [5.74, 6) is -0.571. The molecule has 126 valence electrons. The van der Waals surface area contributed by atoms with Crippen LogP contribution in [0.3, 0.4) is 0 Å². The van der Waals surface area contributed by atoms with Crippen LogP contribution in [0.4, 0.5) is 0 Å². The van der Waals surface area contributed by atoms with Crippen molar-refractivity contribution in [3.8, 4) is 5.75 Å². The number of nitrogens with zero attached hydrogens (tertiary/aromatic N) is 1. The minimum atomic E-state index is -0.826. The van der Waals surface area contributed by atoms with Crippen LogP contribution in [0.2, 0.25) is 0 Å². The Bertz CT molecular complexity index is 786. The van der Waals surface area contributed by atoms with Gasteiger partial charge in [0.1, 0.15) is 5.75 Å². The van der Waals surface area contributed by atoms with Crippen molar-refractivity contribution in [1.82, 2.24) is 4.90 Å². The highest BCUT2D eigenvalue weighted by Gasteiger charge is 2.37. The Kier molecular flexibility index (Phi) is 4.42. The maximum Gasteiger partial charge on any atom is 0.308 e. The monoisotopic (exact) mass is 327 g/mol. The molecule has 0 spiro atoms. The third-order valence-corrected chi connectivity index (χ3v) is 4.91. The van der Waals surface area contributed by atoms with E-state index >= 15 is 0 Å². The molecule has 2 atom stereocenters. The molecule has 3 rings (SSSR count). The summed E-state index contributed by atoms with van der Waals surface area (Å²) in [6, 6.07) is 11.4. The number of carboxylic acids is 1. The quantitative estimate of drug-likeness (QED) is 0.937. The van der Waals surface area contributed by atoms with Crippen molar-refractivity contribution < 1.29 is 19.4 Å². The SMILES string of the molecule is COc1ccc2cccc(CC(=O)N3CCC(C(=O)O)C3C)c2c1. The van der Waals surface area contributed by atoms with E-state index in [4.69, 9.17) is 4.74 Å². The van der Waals surface area contributed by atoms with Gasteiger partial charge in [0.2, 0.25) is 5.91 Å². The van der Waals surface area contributed by atoms with Crippen LogP contribution < -0.4 is 4.74 Å². The summed E-state index contributed by atoms with van der Waals surface area (Å²) in [4.78, 5) is 25.6. The number of amides is 1. The molecule has 2 aromatic carbocycles. The van der Waals surface area contributed by atoms with E-state index in [0.29, 0.717) is 13.0 Å². The van der Waals surface area contributed by atoms with Crippen molar-refractivity contribution in [2.45, 2.75) is 25.8 Å². The zero-order chi connectivity index (χ0) is 17.3. The van der Waals surface area contributed by atoms with Crippen LogP contribution >= 0.6 is 0 Å². The van der Waals surface area contributed by atoms with Gasteiger partial charge in [-0.1, -0.05) is 24.3 Å². The lowest BCUT2D eigenvalue weighted by molar-refractivity contribution is -0.143. The van der Waals surface area contributed by atoms with Crippen molar-refractivity contribution in [1.29, 1.82) is 0 Å². The minimum absolute atomic E-state index is 0.0263. The number of hydrogen-bond donors (Lipinski definition) is 1. The molecule has 1 aliphatic rings. The lowest BCUT2D eigenvalue weighted by atomic mass is 10.0. The summed E-state index contributed by atoms with van der Waals surface area (Å²) < 4.78 is 5.28. The van der Waals surface area contributed by atoms with Gasteiger partial charge < -0.3 is 14.7 Å². The summed E-state index contributed by atoms with van der Waals surface area (Å²) in [7, 11) is 1.62. The van der Waals surface area contributed by atoms with E-state index < -0.39 is 11.9 Å². The van der Waals surface area contributed by atoms with Gasteiger partial charge >= 0.3 is 5.97 Å². The molecule has 1 N–H and O–H groups in total. The number of hydrogen-bond acceptors (Lipinski definition) is 3. The maximum absolute atomic E-state index is 12.7. The number of carbonyl (C=O) groups excluding carboxylic acids is 1. The predicted octanol–water partition coefficient (Wildman–Crippen LogP) is 2.71. The van der Waals surface area contributed by atoms with Gasteiger partial charge in [-0.25, -0.2) is 0 Å². The number of rotatable bonds is 4. The Morgan fingerprint density at radius 1 is 1.29 bits per heavy atom. The molecular formula is C19H21NO4. The molecule has 2 unspecified atom stereocenters. The standard InChI is InChI=1S/C19H21NO4/c1-12-16(19(22)23)8-9-20(12)18(21)10-14-5-3-4-13-6-7-15(24-2)11-17(13)14/h3-7,11-12,16H,8-10H2,1-2H3,(H,22,23). The third kappa shape index (κ3) is 2.94. The van der Waals surface area contributed by atoms with E-state index in [1.807, 2.05) is 43.3 Å². The summed E-state index contributed by atoms with van der Waals surface area (Å²) in [5, 5.41) is 11.3. The largest absolute Gasteiger partial charge is 0.497 e. The van der Waals surface area contributed by atoms with Crippen LogP contribution in [0, 0.1) is 5.92 Å². The first-order valence-corrected chi connectivity index (χ1v) is 8.09. The number of carbonyl (C=O) groups is 2. The van der Waals surface area contributed by atoms with Crippen molar-refractivity contribution in [2.75, 3.05) is 13.7 Å². The lowest BCUT2D eigenvalue weighted by Crippen LogP contribution is -2.38. The van der Waals surface area contributed by atoms with Gasteiger partial charge in [-0.3, -0.25) is 9.59 Å². The molecule has 0 radical (unpaired) electrons. The van der Waals surface area contributed by atoms with E-state index in [1.165, 1.54) is 0 Å². The van der Waals surface area contributed by atoms with Crippen molar-refractivity contribution in [3.63, 3.8) is 0 Å². The van der Waals surface area contributed by atoms with Gasteiger partial charge in [-0.15, -0.1) is 0 Å². The summed E-state index contributed by atoms with van der Waals surface area (Å²) in [6.45, 7) is 2.32. The molecule has 5 heteroatoms. The van der Waals surface area contributed by atoms with Crippen LogP contribution in [-0.4, -0.2) is 41.6 Å². The van der Waals surface area contributed by atoms with Gasteiger partial charge in [-0.2, -0.15) is 0 Å². The molecular weight excluding hydrogens is 306 g/mol. The molecule has 1 heterocycles. The maximum atomic E-state index is 12.7. The van der Waals surface area contributed by atoms with E-state index in [2.05, 4.69) is 0 Å². The highest BCUT2D eigenvalue weighted by molar-refractivity contribution is 5.91. The number of carboxylic acid groups (broad SMARTS) is 1. The van der Waals surface area contributed by atoms with Crippen LogP contribution in [0.15, 0.2) is 36.4 Å². The van der Waals surface area contributed by atoms with Crippen molar-refractivity contribution >= 4 is 22.6 Å². The smallest absolute Gasteiger partial charge is 0.308 e. The van der Waals surface area contributed by atoms with E-state index in [1.54, 1.807) is 12.0 Å². The molecule has 1 fully saturated rings. The Balaban J connectivity index is 1.85. The van der Waals surface area contributed by atoms with E-state index in [-0.39, 0.29) is 18.4 Å². The van der Waals surface area contributed by atoms with Crippen LogP contribution in [0.5, 0.6) is 5.75 Å². The molecule has 1 aliphatic heterocycles. The van der Waals surface area contributed by atoms with Crippen LogP contribution in [-0.2, 0) is 16.0 Å². The Labute approximate surface area is 140 Å². The molecule has 24 heavy (non-hydrogen) atoms. The van der Waals surface area contributed by atoms with E-state index in [9.17, 15) is 14.7 Å². The average Bonchev–Trinajstić information content (AvgIpc) is 2.96. The topological polar surface area (TPSA) is 66.8 Å². The van der Waals surface area contributed by atoms with Gasteiger partial charge in [0.15, 0.2) is 0 Å². The predicted molar refractivity (Wildman–Crippen MR) is 91.1 cm³/mol. The third-order valence-electron chi connectivity index (χ3n) is 4.91. The van der Waals surface area contributed by atoms with Gasteiger partial charge in [-0.05, 0) is 41.8 Å². The molecule has 1 saturated heterocycles.